The van der Waals surface area contributed by atoms with Crippen LogP contribution in [0.25, 0.3) is 0 Å². The number of carbonyl (C=O) groups is 2. The van der Waals surface area contributed by atoms with Crippen molar-refractivity contribution in [3.05, 3.63) is 0 Å². The highest BCUT2D eigenvalue weighted by molar-refractivity contribution is 6.04. The second-order valence-electron chi connectivity index (χ2n) is 1.80. The molecule has 8 heavy (non-hydrogen) atoms. The Labute approximate surface area is 46.6 Å². The predicted molar refractivity (Wildman–Crippen MR) is 25.1 cm³/mol. The van der Waals surface area contributed by atoms with Crippen molar-refractivity contribution in [2.75, 3.05) is 6.61 Å². The van der Waals surface area contributed by atoms with E-state index in [1.165, 1.54) is 0 Å². The van der Waals surface area contributed by atoms with Gasteiger partial charge < -0.3 is 4.74 Å². The highest BCUT2D eigenvalue weighted by Crippen LogP contribution is 2.07. The molecule has 1 aliphatic rings. The van der Waals surface area contributed by atoms with E-state index in [0.717, 1.165) is 0 Å². The third kappa shape index (κ3) is 0.598. The molecule has 0 aromatic carbocycles. The third-order valence-corrected chi connectivity index (χ3v) is 1.19. The van der Waals surface area contributed by atoms with E-state index in [1.54, 1.807) is 6.92 Å². The van der Waals surface area contributed by atoms with Crippen LogP contribution >= 0.6 is 0 Å². The van der Waals surface area contributed by atoms with Crippen molar-refractivity contribution in [2.24, 2.45) is 5.92 Å². The second-order valence-corrected chi connectivity index (χ2v) is 1.80. The first kappa shape index (κ1) is 5.28. The Morgan fingerprint density at radius 2 is 2.25 bits per heavy atom. The van der Waals surface area contributed by atoms with Gasteiger partial charge in [-0.05, 0) is 6.92 Å². The van der Waals surface area contributed by atoms with Crippen LogP contribution in [0.15, 0.2) is 0 Å². The summed E-state index contributed by atoms with van der Waals surface area (Å²) in [4.78, 5) is 20.8. The van der Waals surface area contributed by atoms with Crippen LogP contribution < -0.4 is 0 Å². The number of Topliss-reactive ketones (excluding diaryl/α,β-unsaturated/α-hetero) is 1. The first-order valence-corrected chi connectivity index (χ1v) is 2.41. The Morgan fingerprint density at radius 1 is 1.62 bits per heavy atom. The largest absolute Gasteiger partial charge is 0.457 e. The molecular formula is C5H6O3. The summed E-state index contributed by atoms with van der Waals surface area (Å²) < 4.78 is 4.39. The van der Waals surface area contributed by atoms with E-state index in [1.807, 2.05) is 0 Å². The average molecular weight is 114 g/mol. The molecule has 1 atom stereocenters. The van der Waals surface area contributed by atoms with Crippen LogP contribution in [-0.2, 0) is 14.3 Å². The van der Waals surface area contributed by atoms with Gasteiger partial charge in [0.1, 0.15) is 5.92 Å². The molecule has 0 amide bonds. The molecule has 0 aromatic rings. The monoisotopic (exact) mass is 114 g/mol. The Kier molecular flexibility index (Phi) is 1.04. The minimum atomic E-state index is -0.519. The zero-order valence-corrected chi connectivity index (χ0v) is 4.51. The number of hydrogen-bond acceptors (Lipinski definition) is 3. The highest BCUT2D eigenvalue weighted by Gasteiger charge is 2.30. The first-order chi connectivity index (χ1) is 3.72. The number of carbonyl (C=O) groups excluding carboxylic acids is 2. The Balaban J connectivity index is 2.70. The van der Waals surface area contributed by atoms with Gasteiger partial charge in [0.2, 0.25) is 0 Å². The molecular weight excluding hydrogens is 108 g/mol. The molecule has 0 radical (unpaired) electrons. The molecule has 0 aliphatic carbocycles. The van der Waals surface area contributed by atoms with E-state index in [4.69, 9.17) is 0 Å². The molecule has 44 valence electrons. The van der Waals surface area contributed by atoms with E-state index < -0.39 is 11.9 Å². The Bertz CT molecular complexity index is 123. The van der Waals surface area contributed by atoms with E-state index in [0.29, 0.717) is 0 Å². The molecule has 1 rings (SSSR count). The van der Waals surface area contributed by atoms with Gasteiger partial charge in [-0.15, -0.1) is 0 Å². The lowest BCUT2D eigenvalue weighted by atomic mass is 10.1. The van der Waals surface area contributed by atoms with Gasteiger partial charge in [0.05, 0.1) is 0 Å². The first-order valence-electron chi connectivity index (χ1n) is 2.41. The normalized spacial score (nSPS) is 28.4. The van der Waals surface area contributed by atoms with Gasteiger partial charge in [-0.1, -0.05) is 0 Å². The topological polar surface area (TPSA) is 43.4 Å². The number of hydrogen-bond donors (Lipinski definition) is 0. The summed E-state index contributed by atoms with van der Waals surface area (Å²) in [6.45, 7) is 1.53. The lowest BCUT2D eigenvalue weighted by Gasteiger charge is -1.87. The zero-order chi connectivity index (χ0) is 6.15. The average Bonchev–Trinajstić information content (AvgIpc) is 1.98. The van der Waals surface area contributed by atoms with Gasteiger partial charge in [-0.3, -0.25) is 9.59 Å². The molecule has 1 heterocycles. The van der Waals surface area contributed by atoms with Crippen molar-refractivity contribution in [1.82, 2.24) is 0 Å². The lowest BCUT2D eigenvalue weighted by Crippen LogP contribution is -2.09. The minimum Gasteiger partial charge on any atom is -0.457 e. The maximum absolute atomic E-state index is 10.4. The van der Waals surface area contributed by atoms with Gasteiger partial charge >= 0.3 is 5.97 Å². The molecule has 0 aromatic heterocycles. The quantitative estimate of drug-likeness (QED) is 0.322. The predicted octanol–water partition coefficient (Wildman–Crippen LogP) is -0.252. The smallest absolute Gasteiger partial charge is 0.316 e. The van der Waals surface area contributed by atoms with Crippen molar-refractivity contribution in [1.29, 1.82) is 0 Å². The molecule has 3 nitrogen and oxygen atoms in total. The minimum absolute atomic E-state index is 0.0278. The van der Waals surface area contributed by atoms with E-state index in [-0.39, 0.29) is 12.4 Å². The standard InChI is InChI=1S/C5H6O3/c1-3-4(6)2-8-5(3)7/h3H,2H2,1H3/t3-/m0/s1. The van der Waals surface area contributed by atoms with Crippen LogP contribution in [0.3, 0.4) is 0 Å². The third-order valence-electron chi connectivity index (χ3n) is 1.19. The number of cyclic esters (lactones) is 1. The lowest BCUT2D eigenvalue weighted by molar-refractivity contribution is -0.140. The maximum atomic E-state index is 10.4. The van der Waals surface area contributed by atoms with Crippen molar-refractivity contribution in [3.8, 4) is 0 Å². The van der Waals surface area contributed by atoms with Gasteiger partial charge in [-0.25, -0.2) is 0 Å². The number of ether oxygens (including phenoxy) is 1. The summed E-state index contributed by atoms with van der Waals surface area (Å²) in [5.41, 5.74) is 0. The van der Waals surface area contributed by atoms with E-state index in [2.05, 4.69) is 4.74 Å². The van der Waals surface area contributed by atoms with Crippen LogP contribution in [0.5, 0.6) is 0 Å². The van der Waals surface area contributed by atoms with E-state index in [9.17, 15) is 9.59 Å². The maximum Gasteiger partial charge on any atom is 0.316 e. The molecule has 0 spiro atoms. The van der Waals surface area contributed by atoms with Crippen molar-refractivity contribution < 1.29 is 14.3 Å². The molecule has 1 fully saturated rings. The molecule has 0 saturated carbocycles. The van der Waals surface area contributed by atoms with Gasteiger partial charge in [0.15, 0.2) is 12.4 Å². The second kappa shape index (κ2) is 1.58. The van der Waals surface area contributed by atoms with Crippen molar-refractivity contribution in [3.63, 3.8) is 0 Å². The fourth-order valence-electron chi connectivity index (χ4n) is 0.524. The molecule has 0 unspecified atom stereocenters. The summed E-state index contributed by atoms with van der Waals surface area (Å²) in [5, 5.41) is 0. The van der Waals surface area contributed by atoms with Crippen LogP contribution in [0.1, 0.15) is 6.92 Å². The van der Waals surface area contributed by atoms with Crippen molar-refractivity contribution in [2.45, 2.75) is 6.92 Å². The van der Waals surface area contributed by atoms with Crippen LogP contribution in [0, 0.1) is 5.92 Å². The fourth-order valence-corrected chi connectivity index (χ4v) is 0.524. The number of ketones is 1. The summed E-state index contributed by atoms with van der Waals surface area (Å²) >= 11 is 0. The molecule has 0 bridgehead atoms. The molecule has 0 N–H and O–H groups in total. The number of esters is 1. The number of rotatable bonds is 0. The van der Waals surface area contributed by atoms with Gasteiger partial charge in [0, 0.05) is 0 Å². The Morgan fingerprint density at radius 3 is 2.38 bits per heavy atom. The van der Waals surface area contributed by atoms with Gasteiger partial charge in [-0.2, -0.15) is 0 Å². The van der Waals surface area contributed by atoms with Crippen molar-refractivity contribution >= 4 is 11.8 Å². The van der Waals surface area contributed by atoms with Crippen LogP contribution in [0.4, 0.5) is 0 Å². The summed E-state index contributed by atoms with van der Waals surface area (Å²) in [6.07, 6.45) is 0. The summed E-state index contributed by atoms with van der Waals surface area (Å²) in [5.74, 6) is -1.03. The SMILES string of the molecule is C[C@H]1C(=O)COC1=O. The fraction of sp³-hybridized carbons (Fsp3) is 0.600. The molecule has 3 heteroatoms. The Hall–Kier alpha value is -0.860. The van der Waals surface area contributed by atoms with Gasteiger partial charge in [0.25, 0.3) is 0 Å². The van der Waals surface area contributed by atoms with E-state index >= 15 is 0 Å². The zero-order valence-electron chi connectivity index (χ0n) is 4.51. The summed E-state index contributed by atoms with van der Waals surface area (Å²) in [7, 11) is 0. The summed E-state index contributed by atoms with van der Waals surface area (Å²) in [6, 6.07) is 0. The van der Waals surface area contributed by atoms with Crippen LogP contribution in [0.2, 0.25) is 0 Å². The molecule has 1 saturated heterocycles. The molecule has 1 aliphatic heterocycles. The van der Waals surface area contributed by atoms with Crippen LogP contribution in [-0.4, -0.2) is 18.4 Å². The highest BCUT2D eigenvalue weighted by atomic mass is 16.5.